The molecule has 0 atom stereocenters. The quantitative estimate of drug-likeness (QED) is 0.676. The molecule has 122 valence electrons. The maximum absolute atomic E-state index is 12.1. The van der Waals surface area contributed by atoms with E-state index in [-0.39, 0.29) is 5.91 Å². The lowest BCUT2D eigenvalue weighted by Crippen LogP contribution is -2.28. The van der Waals surface area contributed by atoms with Gasteiger partial charge < -0.3 is 10.6 Å². The monoisotopic (exact) mass is 322 g/mol. The summed E-state index contributed by atoms with van der Waals surface area (Å²) in [5.41, 5.74) is 2.62. The summed E-state index contributed by atoms with van der Waals surface area (Å²) in [5, 5.41) is 10.2. The minimum Gasteiger partial charge on any atom is -0.367 e. The number of hydrogen-bond acceptors (Lipinski definition) is 5. The van der Waals surface area contributed by atoms with Gasteiger partial charge in [-0.05, 0) is 36.8 Å². The standard InChI is InChI=1S/C17H18N6O/c1-13-10-22-23(12-13)15-4-2-14(3-5-15)17(24)21-9-8-20-16-11-18-6-7-19-16/h2-7,10-12H,8-9H2,1H3,(H,19,20)(H,21,24). The van der Waals surface area contributed by atoms with E-state index in [4.69, 9.17) is 0 Å². The largest absolute Gasteiger partial charge is 0.367 e. The maximum atomic E-state index is 12.1. The van der Waals surface area contributed by atoms with E-state index in [1.54, 1.807) is 41.6 Å². The number of nitrogens with zero attached hydrogens (tertiary/aromatic N) is 4. The smallest absolute Gasteiger partial charge is 0.251 e. The second-order valence-electron chi connectivity index (χ2n) is 5.28. The third-order valence-electron chi connectivity index (χ3n) is 3.39. The Morgan fingerprint density at radius 2 is 1.96 bits per heavy atom. The summed E-state index contributed by atoms with van der Waals surface area (Å²) in [6.07, 6.45) is 8.60. The van der Waals surface area contributed by atoms with Crippen LogP contribution in [0.25, 0.3) is 5.69 Å². The summed E-state index contributed by atoms with van der Waals surface area (Å²) in [6, 6.07) is 7.33. The lowest BCUT2D eigenvalue weighted by Gasteiger charge is -2.08. The number of carbonyl (C=O) groups excluding carboxylic acids is 1. The molecule has 2 N–H and O–H groups in total. The van der Waals surface area contributed by atoms with Crippen LogP contribution < -0.4 is 10.6 Å². The van der Waals surface area contributed by atoms with Gasteiger partial charge in [0.1, 0.15) is 5.82 Å². The van der Waals surface area contributed by atoms with Gasteiger partial charge in [-0.25, -0.2) is 9.67 Å². The molecule has 0 fully saturated rings. The molecule has 0 aliphatic rings. The number of anilines is 1. The van der Waals surface area contributed by atoms with Crippen molar-refractivity contribution in [1.29, 1.82) is 0 Å². The zero-order valence-corrected chi connectivity index (χ0v) is 13.3. The number of carbonyl (C=O) groups is 1. The molecule has 1 aromatic carbocycles. The Kier molecular flexibility index (Phi) is 4.81. The highest BCUT2D eigenvalue weighted by molar-refractivity contribution is 5.94. The van der Waals surface area contributed by atoms with Crippen LogP contribution in [0.3, 0.4) is 0 Å². The molecule has 3 aromatic rings. The Morgan fingerprint density at radius 1 is 1.12 bits per heavy atom. The summed E-state index contributed by atoms with van der Waals surface area (Å²) in [4.78, 5) is 20.2. The number of amides is 1. The van der Waals surface area contributed by atoms with E-state index in [2.05, 4.69) is 25.7 Å². The van der Waals surface area contributed by atoms with Crippen molar-refractivity contribution in [3.63, 3.8) is 0 Å². The molecule has 0 unspecified atom stereocenters. The molecule has 2 heterocycles. The SMILES string of the molecule is Cc1cnn(-c2ccc(C(=O)NCCNc3cnccn3)cc2)c1. The predicted octanol–water partition coefficient (Wildman–Crippen LogP) is 1.81. The number of hydrogen-bond donors (Lipinski definition) is 2. The van der Waals surface area contributed by atoms with Crippen LogP contribution >= 0.6 is 0 Å². The van der Waals surface area contributed by atoms with E-state index < -0.39 is 0 Å². The van der Waals surface area contributed by atoms with Crippen LogP contribution in [0.4, 0.5) is 5.82 Å². The molecule has 0 aliphatic carbocycles. The fourth-order valence-electron chi connectivity index (χ4n) is 2.18. The third-order valence-corrected chi connectivity index (χ3v) is 3.39. The maximum Gasteiger partial charge on any atom is 0.251 e. The van der Waals surface area contributed by atoms with Crippen LogP contribution in [0.2, 0.25) is 0 Å². The predicted molar refractivity (Wildman–Crippen MR) is 91.2 cm³/mol. The van der Waals surface area contributed by atoms with Crippen LogP contribution in [-0.2, 0) is 0 Å². The first-order valence-electron chi connectivity index (χ1n) is 7.62. The Balaban J connectivity index is 1.50. The number of benzene rings is 1. The normalized spacial score (nSPS) is 10.4. The molecule has 0 saturated heterocycles. The molecule has 7 heteroatoms. The van der Waals surface area contributed by atoms with E-state index in [1.165, 1.54) is 0 Å². The van der Waals surface area contributed by atoms with E-state index in [1.807, 2.05) is 25.3 Å². The van der Waals surface area contributed by atoms with Crippen molar-refractivity contribution in [3.8, 4) is 5.69 Å². The Morgan fingerprint density at radius 3 is 2.62 bits per heavy atom. The van der Waals surface area contributed by atoms with E-state index >= 15 is 0 Å². The summed E-state index contributed by atoms with van der Waals surface area (Å²) in [7, 11) is 0. The molecule has 0 saturated carbocycles. The van der Waals surface area contributed by atoms with Gasteiger partial charge in [-0.1, -0.05) is 0 Å². The Hall–Kier alpha value is -3.22. The molecule has 2 aromatic heterocycles. The van der Waals surface area contributed by atoms with Crippen molar-refractivity contribution in [2.24, 2.45) is 0 Å². The Bertz CT molecular complexity index is 797. The first-order valence-corrected chi connectivity index (χ1v) is 7.62. The molecular formula is C17H18N6O. The van der Waals surface area contributed by atoms with Crippen molar-refractivity contribution in [2.45, 2.75) is 6.92 Å². The molecular weight excluding hydrogens is 304 g/mol. The molecule has 0 spiro atoms. The summed E-state index contributed by atoms with van der Waals surface area (Å²) >= 11 is 0. The molecule has 3 rings (SSSR count). The molecule has 0 aliphatic heterocycles. The second-order valence-corrected chi connectivity index (χ2v) is 5.28. The minimum absolute atomic E-state index is 0.112. The zero-order chi connectivity index (χ0) is 16.8. The summed E-state index contributed by atoms with van der Waals surface area (Å²) < 4.78 is 1.78. The van der Waals surface area contributed by atoms with Crippen LogP contribution in [0.5, 0.6) is 0 Å². The fourth-order valence-corrected chi connectivity index (χ4v) is 2.18. The second kappa shape index (κ2) is 7.36. The van der Waals surface area contributed by atoms with Crippen LogP contribution in [-0.4, -0.2) is 38.7 Å². The zero-order valence-electron chi connectivity index (χ0n) is 13.3. The molecule has 0 bridgehead atoms. The Labute approximate surface area is 139 Å². The number of aryl methyl sites for hydroxylation is 1. The highest BCUT2D eigenvalue weighted by Crippen LogP contribution is 2.10. The van der Waals surface area contributed by atoms with Crippen LogP contribution in [0.1, 0.15) is 15.9 Å². The fraction of sp³-hybridized carbons (Fsp3) is 0.176. The van der Waals surface area contributed by atoms with Gasteiger partial charge in [0.25, 0.3) is 5.91 Å². The van der Waals surface area contributed by atoms with Gasteiger partial charge in [0.05, 0.1) is 18.1 Å². The minimum atomic E-state index is -0.112. The molecule has 1 amide bonds. The highest BCUT2D eigenvalue weighted by Gasteiger charge is 2.05. The number of nitrogens with one attached hydrogen (secondary N) is 2. The summed E-state index contributed by atoms with van der Waals surface area (Å²) in [5.74, 6) is 0.574. The summed E-state index contributed by atoms with van der Waals surface area (Å²) in [6.45, 7) is 3.06. The van der Waals surface area contributed by atoms with Crippen molar-refractivity contribution < 1.29 is 4.79 Å². The van der Waals surface area contributed by atoms with E-state index in [0.29, 0.717) is 24.5 Å². The van der Waals surface area contributed by atoms with E-state index in [0.717, 1.165) is 11.3 Å². The van der Waals surface area contributed by atoms with Crippen molar-refractivity contribution in [2.75, 3.05) is 18.4 Å². The van der Waals surface area contributed by atoms with Gasteiger partial charge in [-0.3, -0.25) is 9.78 Å². The number of aromatic nitrogens is 4. The van der Waals surface area contributed by atoms with Gasteiger partial charge in [0.2, 0.25) is 0 Å². The number of rotatable bonds is 6. The average Bonchev–Trinajstić information content (AvgIpc) is 3.06. The average molecular weight is 322 g/mol. The third kappa shape index (κ3) is 3.95. The van der Waals surface area contributed by atoms with Crippen molar-refractivity contribution in [3.05, 3.63) is 66.4 Å². The van der Waals surface area contributed by atoms with Gasteiger partial charge in [0, 0.05) is 37.2 Å². The van der Waals surface area contributed by atoms with Crippen LogP contribution in [0, 0.1) is 6.92 Å². The highest BCUT2D eigenvalue weighted by atomic mass is 16.1. The molecule has 24 heavy (non-hydrogen) atoms. The van der Waals surface area contributed by atoms with Gasteiger partial charge in [-0.2, -0.15) is 5.10 Å². The lowest BCUT2D eigenvalue weighted by atomic mass is 10.2. The first-order chi connectivity index (χ1) is 11.7. The molecule has 7 nitrogen and oxygen atoms in total. The van der Waals surface area contributed by atoms with Gasteiger partial charge in [-0.15, -0.1) is 0 Å². The lowest BCUT2D eigenvalue weighted by molar-refractivity contribution is 0.0955. The molecule has 0 radical (unpaired) electrons. The van der Waals surface area contributed by atoms with Crippen molar-refractivity contribution >= 4 is 11.7 Å². The first kappa shape index (κ1) is 15.7. The van der Waals surface area contributed by atoms with Gasteiger partial charge in [0.15, 0.2) is 0 Å². The topological polar surface area (TPSA) is 84.7 Å². The van der Waals surface area contributed by atoms with Crippen LogP contribution in [0.15, 0.2) is 55.2 Å². The van der Waals surface area contributed by atoms with Gasteiger partial charge >= 0.3 is 0 Å². The van der Waals surface area contributed by atoms with Crippen molar-refractivity contribution in [1.82, 2.24) is 25.1 Å². The van der Waals surface area contributed by atoms with E-state index in [9.17, 15) is 4.79 Å².